The Bertz CT molecular complexity index is 1420. The molecule has 0 radical (unpaired) electrons. The largest absolute Gasteiger partial charge is 0.496 e. The molecule has 1 atom stereocenters. The third-order valence-electron chi connectivity index (χ3n) is 6.76. The topological polar surface area (TPSA) is 96.6 Å². The van der Waals surface area contributed by atoms with Crippen LogP contribution in [-0.4, -0.2) is 43.2 Å². The molecule has 5 rings (SSSR count). The maximum absolute atomic E-state index is 7.72. The molecule has 1 saturated heterocycles. The van der Waals surface area contributed by atoms with Gasteiger partial charge in [-0.25, -0.2) is 4.98 Å². The summed E-state index contributed by atoms with van der Waals surface area (Å²) in [5.41, 5.74) is 4.95. The molecule has 3 heterocycles. The number of hydrogen-bond donors (Lipinski definition) is 2. The Morgan fingerprint density at radius 3 is 2.78 bits per heavy atom. The average molecular weight is 501 g/mol. The number of imidazole rings is 1. The van der Waals surface area contributed by atoms with Crippen molar-refractivity contribution in [3.8, 4) is 23.0 Å². The molecule has 2 aromatic carbocycles. The van der Waals surface area contributed by atoms with Gasteiger partial charge in [-0.15, -0.1) is 0 Å². The molecule has 2 aromatic heterocycles. The van der Waals surface area contributed by atoms with Gasteiger partial charge in [-0.2, -0.15) is 0 Å². The zero-order valence-corrected chi connectivity index (χ0v) is 21.5. The molecule has 1 aliphatic rings. The summed E-state index contributed by atoms with van der Waals surface area (Å²) in [5.74, 6) is 3.14. The van der Waals surface area contributed by atoms with Crippen LogP contribution < -0.4 is 14.4 Å². The number of ether oxygens (including phenoxy) is 3. The fourth-order valence-corrected chi connectivity index (χ4v) is 4.60. The quantitative estimate of drug-likeness (QED) is 0.224. The van der Waals surface area contributed by atoms with E-state index in [-0.39, 0.29) is 12.3 Å². The summed E-state index contributed by atoms with van der Waals surface area (Å²) in [5, 5.41) is 8.58. The van der Waals surface area contributed by atoms with Crippen LogP contribution in [0.1, 0.15) is 24.2 Å². The molecule has 0 aliphatic carbocycles. The summed E-state index contributed by atoms with van der Waals surface area (Å²) in [6, 6.07) is 14.3. The van der Waals surface area contributed by atoms with Crippen molar-refractivity contribution in [1.82, 2.24) is 9.97 Å². The van der Waals surface area contributed by atoms with Crippen LogP contribution >= 0.6 is 0 Å². The normalized spacial score (nSPS) is 15.7. The van der Waals surface area contributed by atoms with Crippen LogP contribution in [0.25, 0.3) is 22.4 Å². The van der Waals surface area contributed by atoms with Crippen LogP contribution in [0.15, 0.2) is 65.4 Å². The Morgan fingerprint density at radius 1 is 1.22 bits per heavy atom. The second-order valence-electron chi connectivity index (χ2n) is 9.42. The van der Waals surface area contributed by atoms with Crippen molar-refractivity contribution in [2.75, 3.05) is 32.3 Å². The van der Waals surface area contributed by atoms with Gasteiger partial charge in [0, 0.05) is 36.0 Å². The lowest BCUT2D eigenvalue weighted by Crippen LogP contribution is -2.36. The number of aromatic nitrogens is 2. The smallest absolute Gasteiger partial charge is 0.187 e. The van der Waals surface area contributed by atoms with E-state index in [1.165, 1.54) is 18.4 Å². The Kier molecular flexibility index (Phi) is 6.90. The second-order valence-corrected chi connectivity index (χ2v) is 9.42. The molecular weight excluding hydrogens is 468 g/mol. The number of H-pyrrole nitrogens is 1. The van der Waals surface area contributed by atoms with Gasteiger partial charge in [-0.05, 0) is 38.0 Å². The number of piperidine rings is 1. The number of aromatic amines is 1. The van der Waals surface area contributed by atoms with E-state index in [0.29, 0.717) is 35.4 Å². The van der Waals surface area contributed by atoms with Gasteiger partial charge < -0.3 is 28.5 Å². The van der Waals surface area contributed by atoms with Crippen LogP contribution in [-0.2, 0) is 11.2 Å². The zero-order chi connectivity index (χ0) is 25.9. The molecule has 1 aliphatic heterocycles. The van der Waals surface area contributed by atoms with Crippen LogP contribution in [0.4, 0.5) is 5.69 Å². The van der Waals surface area contributed by atoms with E-state index in [2.05, 4.69) is 52.6 Å². The van der Waals surface area contributed by atoms with E-state index in [1.54, 1.807) is 13.3 Å². The van der Waals surface area contributed by atoms with Crippen molar-refractivity contribution in [1.29, 1.82) is 5.41 Å². The van der Waals surface area contributed by atoms with Gasteiger partial charge in [-0.1, -0.05) is 24.3 Å². The molecule has 8 heteroatoms. The van der Waals surface area contributed by atoms with Gasteiger partial charge in [0.1, 0.15) is 28.6 Å². The third kappa shape index (κ3) is 5.33. The fraction of sp³-hybridized carbons (Fsp3) is 0.310. The molecule has 0 spiro atoms. The summed E-state index contributed by atoms with van der Waals surface area (Å²) in [6.07, 6.45) is 3.95. The maximum Gasteiger partial charge on any atom is 0.187 e. The lowest BCUT2D eigenvalue weighted by Gasteiger charge is -2.36. The highest BCUT2D eigenvalue weighted by Gasteiger charge is 2.24. The summed E-state index contributed by atoms with van der Waals surface area (Å²) in [4.78, 5) is 9.85. The summed E-state index contributed by atoms with van der Waals surface area (Å²) in [6.45, 7) is 7.83. The van der Waals surface area contributed by atoms with Crippen molar-refractivity contribution in [3.63, 3.8) is 0 Å². The summed E-state index contributed by atoms with van der Waals surface area (Å²) >= 11 is 0. The molecule has 1 unspecified atom stereocenters. The van der Waals surface area contributed by atoms with Crippen LogP contribution in [0, 0.1) is 18.3 Å². The Balaban J connectivity index is 1.34. The number of anilines is 1. The van der Waals surface area contributed by atoms with Crippen LogP contribution in [0.5, 0.6) is 11.5 Å². The van der Waals surface area contributed by atoms with Gasteiger partial charge >= 0.3 is 0 Å². The van der Waals surface area contributed by atoms with Gasteiger partial charge in [0.05, 0.1) is 38.8 Å². The molecule has 0 bridgehead atoms. The van der Waals surface area contributed by atoms with E-state index in [1.807, 2.05) is 18.2 Å². The van der Waals surface area contributed by atoms with Crippen LogP contribution in [0.3, 0.4) is 0 Å². The Hall–Kier alpha value is -4.20. The van der Waals surface area contributed by atoms with Gasteiger partial charge in [0.2, 0.25) is 0 Å². The number of allylic oxidation sites excluding steroid dienone is 1. The summed E-state index contributed by atoms with van der Waals surface area (Å²) in [7, 11) is 3.11. The number of benzene rings is 2. The average Bonchev–Trinajstić information content (AvgIpc) is 3.55. The van der Waals surface area contributed by atoms with Crippen molar-refractivity contribution < 1.29 is 18.6 Å². The van der Waals surface area contributed by atoms with Crippen molar-refractivity contribution >= 4 is 22.6 Å². The standard InChI is InChI=1S/C29H32N4O4/c1-18-5-9-21(10-6-18)33-16-20(8-7-19(33)2)17-36-25-11-22(34-3)12-26-23(25)13-27(37-26)24-15-31-29(32-24)14-28(30)35-4/h5-6,9-13,15,20,30H,2,7-8,14,16-17H2,1,3-4H3,(H,31,32). The predicted octanol–water partition coefficient (Wildman–Crippen LogP) is 6.12. The first-order chi connectivity index (χ1) is 17.9. The van der Waals surface area contributed by atoms with Gasteiger partial charge in [0.25, 0.3) is 0 Å². The number of aryl methyl sites for hydroxylation is 1. The molecule has 192 valence electrons. The first-order valence-electron chi connectivity index (χ1n) is 12.4. The van der Waals surface area contributed by atoms with E-state index >= 15 is 0 Å². The molecule has 0 amide bonds. The molecule has 0 saturated carbocycles. The number of fused-ring (bicyclic) bond motifs is 1. The highest BCUT2D eigenvalue weighted by Crippen LogP contribution is 2.37. The molecule has 4 aromatic rings. The number of nitrogens with zero attached hydrogens (tertiary/aromatic N) is 2. The molecular formula is C29H32N4O4. The Morgan fingerprint density at radius 2 is 2.03 bits per heavy atom. The van der Waals surface area contributed by atoms with E-state index < -0.39 is 0 Å². The minimum atomic E-state index is 0.137. The van der Waals surface area contributed by atoms with Gasteiger partial charge in [0.15, 0.2) is 11.7 Å². The van der Waals surface area contributed by atoms with E-state index in [9.17, 15) is 0 Å². The van der Waals surface area contributed by atoms with Crippen molar-refractivity contribution in [2.24, 2.45) is 5.92 Å². The maximum atomic E-state index is 7.72. The fourth-order valence-electron chi connectivity index (χ4n) is 4.60. The van der Waals surface area contributed by atoms with Crippen LogP contribution in [0.2, 0.25) is 0 Å². The molecule has 2 N–H and O–H groups in total. The SMILES string of the molecule is C=C1CCC(COc2cc(OC)cc3oc(-c4cnc(CC(=N)OC)[nH]4)cc23)CN1c1ccc(C)cc1. The molecule has 8 nitrogen and oxygen atoms in total. The molecule has 37 heavy (non-hydrogen) atoms. The first kappa shape index (κ1) is 24.5. The highest BCUT2D eigenvalue weighted by atomic mass is 16.5. The number of nitrogens with one attached hydrogen (secondary N) is 2. The van der Waals surface area contributed by atoms with Gasteiger partial charge in [-0.3, -0.25) is 5.41 Å². The zero-order valence-electron chi connectivity index (χ0n) is 21.5. The monoisotopic (exact) mass is 500 g/mol. The number of methoxy groups -OCH3 is 2. The highest BCUT2D eigenvalue weighted by molar-refractivity contribution is 5.89. The number of furan rings is 1. The Labute approximate surface area is 216 Å². The number of rotatable bonds is 8. The third-order valence-corrected chi connectivity index (χ3v) is 6.76. The number of hydrogen-bond acceptors (Lipinski definition) is 7. The minimum absolute atomic E-state index is 0.137. The van der Waals surface area contributed by atoms with E-state index in [4.69, 9.17) is 24.0 Å². The molecule has 1 fully saturated rings. The minimum Gasteiger partial charge on any atom is -0.496 e. The summed E-state index contributed by atoms with van der Waals surface area (Å²) < 4.78 is 23.0. The second kappa shape index (κ2) is 10.4. The van der Waals surface area contributed by atoms with E-state index in [0.717, 1.165) is 41.9 Å². The predicted molar refractivity (Wildman–Crippen MR) is 145 cm³/mol. The first-order valence-corrected chi connectivity index (χ1v) is 12.4. The van der Waals surface area contributed by atoms with Crippen molar-refractivity contribution in [2.45, 2.75) is 26.2 Å². The lowest BCUT2D eigenvalue weighted by atomic mass is 9.96. The lowest BCUT2D eigenvalue weighted by molar-refractivity contribution is 0.237. The van der Waals surface area contributed by atoms with Crippen molar-refractivity contribution in [3.05, 3.63) is 72.3 Å².